The van der Waals surface area contributed by atoms with Gasteiger partial charge in [-0.1, -0.05) is 0 Å². The van der Waals surface area contributed by atoms with Crippen molar-refractivity contribution in [2.75, 3.05) is 5.73 Å². The highest BCUT2D eigenvalue weighted by atomic mass is 32.2. The molecule has 0 amide bonds. The van der Waals surface area contributed by atoms with Crippen LogP contribution in [0.2, 0.25) is 0 Å². The fourth-order valence-electron chi connectivity index (χ4n) is 1.32. The van der Waals surface area contributed by atoms with E-state index >= 15 is 0 Å². The minimum atomic E-state index is -4.46. The van der Waals surface area contributed by atoms with Crippen LogP contribution in [-0.2, 0) is 6.18 Å². The maximum Gasteiger partial charge on any atom is 0.418 e. The van der Waals surface area contributed by atoms with Crippen LogP contribution in [0.3, 0.4) is 0 Å². The van der Waals surface area contributed by atoms with Crippen LogP contribution < -0.4 is 5.73 Å². The lowest BCUT2D eigenvalue weighted by atomic mass is 10.2. The lowest BCUT2D eigenvalue weighted by molar-refractivity contribution is -0.137. The number of H-pyrrole nitrogens is 1. The van der Waals surface area contributed by atoms with Gasteiger partial charge in [0, 0.05) is 10.6 Å². The Morgan fingerprint density at radius 3 is 2.61 bits per heavy atom. The molecule has 1 aromatic carbocycles. The zero-order valence-electron chi connectivity index (χ0n) is 9.25. The van der Waals surface area contributed by atoms with Gasteiger partial charge in [-0.2, -0.15) is 13.2 Å². The predicted octanol–water partition coefficient (Wildman–Crippen LogP) is 2.87. The summed E-state index contributed by atoms with van der Waals surface area (Å²) in [6.07, 6.45) is -4.46. The molecule has 4 nitrogen and oxygen atoms in total. The van der Waals surface area contributed by atoms with Crippen LogP contribution in [0.1, 0.15) is 11.4 Å². The molecule has 0 fully saturated rings. The minimum Gasteiger partial charge on any atom is -0.398 e. The standard InChI is InChI=1S/C10H9F3N4S/c1-5-15-9(17-16-5)18-6-2-3-8(14)7(4-6)10(11,12)13/h2-4H,14H2,1H3,(H,15,16,17). The first-order chi connectivity index (χ1) is 8.36. The van der Waals surface area contributed by atoms with Crippen molar-refractivity contribution in [1.29, 1.82) is 0 Å². The van der Waals surface area contributed by atoms with Gasteiger partial charge in [-0.3, -0.25) is 5.10 Å². The van der Waals surface area contributed by atoms with E-state index < -0.39 is 11.7 Å². The molecular formula is C10H9F3N4S. The topological polar surface area (TPSA) is 67.6 Å². The van der Waals surface area contributed by atoms with Crippen molar-refractivity contribution in [2.24, 2.45) is 0 Å². The quantitative estimate of drug-likeness (QED) is 0.826. The number of nitrogens with two attached hydrogens (primary N) is 1. The number of aromatic amines is 1. The molecule has 0 aliphatic rings. The molecule has 18 heavy (non-hydrogen) atoms. The van der Waals surface area contributed by atoms with E-state index in [1.165, 1.54) is 12.1 Å². The summed E-state index contributed by atoms with van der Waals surface area (Å²) in [7, 11) is 0. The van der Waals surface area contributed by atoms with Crippen molar-refractivity contribution in [3.8, 4) is 0 Å². The lowest BCUT2D eigenvalue weighted by Crippen LogP contribution is -2.08. The van der Waals surface area contributed by atoms with E-state index in [-0.39, 0.29) is 5.69 Å². The highest BCUT2D eigenvalue weighted by Crippen LogP contribution is 2.37. The minimum absolute atomic E-state index is 0.294. The largest absolute Gasteiger partial charge is 0.418 e. The highest BCUT2D eigenvalue weighted by molar-refractivity contribution is 7.99. The summed E-state index contributed by atoms with van der Waals surface area (Å²) >= 11 is 1.04. The Balaban J connectivity index is 2.30. The van der Waals surface area contributed by atoms with Crippen LogP contribution in [0.15, 0.2) is 28.3 Å². The third kappa shape index (κ3) is 2.76. The van der Waals surface area contributed by atoms with Crippen LogP contribution in [0.4, 0.5) is 18.9 Å². The first-order valence-electron chi connectivity index (χ1n) is 4.90. The van der Waals surface area contributed by atoms with Crippen molar-refractivity contribution < 1.29 is 13.2 Å². The molecule has 96 valence electrons. The second-order valence-electron chi connectivity index (χ2n) is 3.55. The number of hydrogen-bond acceptors (Lipinski definition) is 4. The Bertz CT molecular complexity index is 564. The van der Waals surface area contributed by atoms with Crippen LogP contribution in [0.5, 0.6) is 0 Å². The zero-order valence-corrected chi connectivity index (χ0v) is 10.1. The summed E-state index contributed by atoms with van der Waals surface area (Å²) in [5.41, 5.74) is 4.17. The van der Waals surface area contributed by atoms with Crippen molar-refractivity contribution in [1.82, 2.24) is 15.2 Å². The number of alkyl halides is 3. The lowest BCUT2D eigenvalue weighted by Gasteiger charge is -2.10. The van der Waals surface area contributed by atoms with E-state index in [4.69, 9.17) is 5.73 Å². The Kier molecular flexibility index (Phi) is 3.20. The monoisotopic (exact) mass is 274 g/mol. The van der Waals surface area contributed by atoms with Crippen LogP contribution in [0, 0.1) is 6.92 Å². The summed E-state index contributed by atoms with van der Waals surface area (Å²) in [5.74, 6) is 0.601. The highest BCUT2D eigenvalue weighted by Gasteiger charge is 2.33. The summed E-state index contributed by atoms with van der Waals surface area (Å²) in [4.78, 5) is 4.39. The summed E-state index contributed by atoms with van der Waals surface area (Å²) < 4.78 is 37.9. The molecule has 2 rings (SSSR count). The first kappa shape index (κ1) is 12.7. The van der Waals surface area contributed by atoms with E-state index in [2.05, 4.69) is 15.2 Å². The van der Waals surface area contributed by atoms with Crippen molar-refractivity contribution in [3.63, 3.8) is 0 Å². The van der Waals surface area contributed by atoms with Gasteiger partial charge < -0.3 is 5.73 Å². The zero-order chi connectivity index (χ0) is 13.3. The molecule has 0 unspecified atom stereocenters. The number of nitrogens with zero attached hydrogens (tertiary/aromatic N) is 2. The van der Waals surface area contributed by atoms with Crippen molar-refractivity contribution in [3.05, 3.63) is 29.6 Å². The number of nitrogen functional groups attached to an aromatic ring is 1. The van der Waals surface area contributed by atoms with Gasteiger partial charge >= 0.3 is 6.18 Å². The number of aromatic nitrogens is 3. The fourth-order valence-corrected chi connectivity index (χ4v) is 2.12. The average Bonchev–Trinajstić information content (AvgIpc) is 2.65. The molecular weight excluding hydrogens is 265 g/mol. The number of aryl methyl sites for hydroxylation is 1. The molecule has 1 heterocycles. The van der Waals surface area contributed by atoms with Gasteiger partial charge in [0.1, 0.15) is 5.82 Å². The maximum absolute atomic E-state index is 12.6. The summed E-state index contributed by atoms with van der Waals surface area (Å²) in [6.45, 7) is 1.71. The van der Waals surface area contributed by atoms with Crippen molar-refractivity contribution >= 4 is 17.4 Å². The van der Waals surface area contributed by atoms with Gasteiger partial charge in [-0.15, -0.1) is 5.10 Å². The van der Waals surface area contributed by atoms with E-state index in [1.54, 1.807) is 6.92 Å². The second-order valence-corrected chi connectivity index (χ2v) is 4.59. The fraction of sp³-hybridized carbons (Fsp3) is 0.200. The SMILES string of the molecule is Cc1nc(Sc2ccc(N)c(C(F)(F)F)c2)n[nH]1. The van der Waals surface area contributed by atoms with Gasteiger partial charge in [0.25, 0.3) is 0 Å². The number of benzene rings is 1. The molecule has 0 radical (unpaired) electrons. The summed E-state index contributed by atoms with van der Waals surface area (Å²) in [6, 6.07) is 3.72. The number of anilines is 1. The summed E-state index contributed by atoms with van der Waals surface area (Å²) in [5, 5.41) is 6.82. The Morgan fingerprint density at radius 1 is 1.33 bits per heavy atom. The van der Waals surface area contributed by atoms with Gasteiger partial charge in [-0.25, -0.2) is 4.98 Å². The number of nitrogens with one attached hydrogen (secondary N) is 1. The van der Waals surface area contributed by atoms with E-state index in [1.807, 2.05) is 0 Å². The van der Waals surface area contributed by atoms with Crippen LogP contribution in [0.25, 0.3) is 0 Å². The molecule has 0 spiro atoms. The van der Waals surface area contributed by atoms with Crippen LogP contribution >= 0.6 is 11.8 Å². The molecule has 0 bridgehead atoms. The van der Waals surface area contributed by atoms with E-state index in [0.29, 0.717) is 15.9 Å². The Labute approximate surface area is 105 Å². The molecule has 0 aliphatic carbocycles. The third-order valence-electron chi connectivity index (χ3n) is 2.12. The normalized spacial score (nSPS) is 11.8. The number of rotatable bonds is 2. The van der Waals surface area contributed by atoms with Crippen molar-refractivity contribution in [2.45, 2.75) is 23.2 Å². The van der Waals surface area contributed by atoms with Gasteiger partial charge in [0.05, 0.1) is 5.56 Å². The number of hydrogen-bond donors (Lipinski definition) is 2. The predicted molar refractivity (Wildman–Crippen MR) is 61.1 cm³/mol. The molecule has 0 saturated carbocycles. The van der Waals surface area contributed by atoms with Gasteiger partial charge in [0.2, 0.25) is 5.16 Å². The van der Waals surface area contributed by atoms with Crippen LogP contribution in [-0.4, -0.2) is 15.2 Å². The molecule has 2 aromatic rings. The van der Waals surface area contributed by atoms with Gasteiger partial charge in [0.15, 0.2) is 0 Å². The maximum atomic E-state index is 12.6. The molecule has 3 N–H and O–H groups in total. The Morgan fingerprint density at radius 2 is 2.06 bits per heavy atom. The van der Waals surface area contributed by atoms with E-state index in [0.717, 1.165) is 17.8 Å². The third-order valence-corrected chi connectivity index (χ3v) is 2.97. The number of halogens is 3. The first-order valence-corrected chi connectivity index (χ1v) is 5.71. The van der Waals surface area contributed by atoms with Gasteiger partial charge in [-0.05, 0) is 36.9 Å². The Hall–Kier alpha value is -1.70. The molecule has 0 atom stereocenters. The second kappa shape index (κ2) is 4.52. The van der Waals surface area contributed by atoms with E-state index in [9.17, 15) is 13.2 Å². The average molecular weight is 274 g/mol. The molecule has 8 heteroatoms. The molecule has 0 aliphatic heterocycles. The molecule has 1 aromatic heterocycles. The smallest absolute Gasteiger partial charge is 0.398 e. The molecule has 0 saturated heterocycles.